The van der Waals surface area contributed by atoms with Crippen LogP contribution in [0.15, 0.2) is 10.6 Å². The highest BCUT2D eigenvalue weighted by Crippen LogP contribution is 2.13. The first-order valence-corrected chi connectivity index (χ1v) is 5.55. The molecular weight excluding hydrogens is 176 g/mol. The van der Waals surface area contributed by atoms with Crippen molar-refractivity contribution < 1.29 is 4.42 Å². The van der Waals surface area contributed by atoms with Crippen LogP contribution in [0.3, 0.4) is 0 Å². The second kappa shape index (κ2) is 4.60. The summed E-state index contributed by atoms with van der Waals surface area (Å²) in [6, 6.07) is 0.576. The van der Waals surface area contributed by atoms with Crippen LogP contribution in [0.1, 0.15) is 37.8 Å². The second-order valence-corrected chi connectivity index (χ2v) is 3.92. The van der Waals surface area contributed by atoms with Crippen LogP contribution in [0, 0.1) is 0 Å². The molecule has 0 amide bonds. The van der Waals surface area contributed by atoms with Crippen LogP contribution >= 0.6 is 0 Å². The van der Waals surface area contributed by atoms with Gasteiger partial charge >= 0.3 is 0 Å². The van der Waals surface area contributed by atoms with E-state index < -0.39 is 0 Å². The normalized spacial score (nSPS) is 22.5. The Morgan fingerprint density at radius 2 is 2.50 bits per heavy atom. The molecule has 0 saturated carbocycles. The average molecular weight is 194 g/mol. The van der Waals surface area contributed by atoms with Gasteiger partial charge in [0.15, 0.2) is 5.89 Å². The van der Waals surface area contributed by atoms with E-state index in [4.69, 9.17) is 4.42 Å². The van der Waals surface area contributed by atoms with Gasteiger partial charge in [-0.15, -0.1) is 0 Å². The molecule has 2 heterocycles. The summed E-state index contributed by atoms with van der Waals surface area (Å²) in [5.41, 5.74) is 0. The fraction of sp³-hybridized carbons (Fsp3) is 0.727. The third-order valence-electron chi connectivity index (χ3n) is 2.78. The summed E-state index contributed by atoms with van der Waals surface area (Å²) in [4.78, 5) is 4.27. The zero-order valence-electron chi connectivity index (χ0n) is 8.75. The number of aryl methyl sites for hydroxylation is 1. The lowest BCUT2D eigenvalue weighted by Gasteiger charge is -2.21. The van der Waals surface area contributed by atoms with Gasteiger partial charge in [0.25, 0.3) is 0 Å². The van der Waals surface area contributed by atoms with Gasteiger partial charge in [-0.1, -0.05) is 13.3 Å². The minimum atomic E-state index is 0.576. The molecule has 14 heavy (non-hydrogen) atoms. The number of piperidine rings is 1. The van der Waals surface area contributed by atoms with Crippen molar-refractivity contribution in [2.45, 2.75) is 45.1 Å². The topological polar surface area (TPSA) is 38.1 Å². The quantitative estimate of drug-likeness (QED) is 0.799. The van der Waals surface area contributed by atoms with E-state index in [1.54, 1.807) is 0 Å². The van der Waals surface area contributed by atoms with Crippen LogP contribution in [0.2, 0.25) is 0 Å². The molecule has 1 unspecified atom stereocenters. The predicted octanol–water partition coefficient (Wildman–Crippen LogP) is 1.92. The molecule has 1 aromatic heterocycles. The van der Waals surface area contributed by atoms with E-state index in [1.165, 1.54) is 19.3 Å². The Morgan fingerprint density at radius 3 is 3.14 bits per heavy atom. The van der Waals surface area contributed by atoms with Crippen molar-refractivity contribution in [2.24, 2.45) is 0 Å². The van der Waals surface area contributed by atoms with Crippen LogP contribution in [0.5, 0.6) is 0 Å². The number of hydrogen-bond donors (Lipinski definition) is 1. The van der Waals surface area contributed by atoms with Crippen LogP contribution in [0.25, 0.3) is 0 Å². The van der Waals surface area contributed by atoms with Crippen LogP contribution < -0.4 is 5.32 Å². The zero-order chi connectivity index (χ0) is 9.80. The van der Waals surface area contributed by atoms with E-state index >= 15 is 0 Å². The smallest absolute Gasteiger partial charge is 0.195 e. The second-order valence-electron chi connectivity index (χ2n) is 3.92. The Morgan fingerprint density at radius 1 is 1.57 bits per heavy atom. The molecule has 1 N–H and O–H groups in total. The van der Waals surface area contributed by atoms with Crippen molar-refractivity contribution in [3.63, 3.8) is 0 Å². The molecule has 78 valence electrons. The third kappa shape index (κ3) is 2.35. The molecule has 0 spiro atoms. The lowest BCUT2D eigenvalue weighted by molar-refractivity contribution is 0.361. The molecule has 2 rings (SSSR count). The molecule has 1 atom stereocenters. The lowest BCUT2D eigenvalue weighted by atomic mass is 10.0. The Kier molecular flexibility index (Phi) is 3.19. The number of nitrogens with zero attached hydrogens (tertiary/aromatic N) is 1. The summed E-state index contributed by atoms with van der Waals surface area (Å²) < 4.78 is 5.58. The first-order chi connectivity index (χ1) is 6.88. The van der Waals surface area contributed by atoms with Crippen molar-refractivity contribution in [3.8, 4) is 0 Å². The highest BCUT2D eigenvalue weighted by Gasteiger charge is 2.15. The molecule has 3 nitrogen and oxygen atoms in total. The fourth-order valence-corrected chi connectivity index (χ4v) is 1.91. The molecule has 1 aliphatic heterocycles. The standard InChI is InChI=1S/C11H18N2O/c1-2-10-8-13-11(14-10)7-9-5-3-4-6-12-9/h8-9,12H,2-7H2,1H3. The SMILES string of the molecule is CCc1cnc(CC2CCCCN2)o1. The summed E-state index contributed by atoms with van der Waals surface area (Å²) in [7, 11) is 0. The predicted molar refractivity (Wildman–Crippen MR) is 55.2 cm³/mol. The molecule has 1 saturated heterocycles. The number of hydrogen-bond acceptors (Lipinski definition) is 3. The molecule has 1 fully saturated rings. The van der Waals surface area contributed by atoms with Crippen LogP contribution in [-0.2, 0) is 12.8 Å². The molecule has 1 aliphatic rings. The van der Waals surface area contributed by atoms with Gasteiger partial charge in [-0.05, 0) is 19.4 Å². The monoisotopic (exact) mass is 194 g/mol. The summed E-state index contributed by atoms with van der Waals surface area (Å²) in [5, 5.41) is 3.49. The van der Waals surface area contributed by atoms with E-state index in [9.17, 15) is 0 Å². The van der Waals surface area contributed by atoms with Gasteiger partial charge in [-0.25, -0.2) is 4.98 Å². The Bertz CT molecular complexity index is 277. The first kappa shape index (κ1) is 9.71. The molecule has 1 aromatic rings. The Hall–Kier alpha value is -0.830. The van der Waals surface area contributed by atoms with Gasteiger partial charge in [-0.2, -0.15) is 0 Å². The van der Waals surface area contributed by atoms with Gasteiger partial charge in [0.2, 0.25) is 0 Å². The Labute approximate surface area is 84.9 Å². The third-order valence-corrected chi connectivity index (χ3v) is 2.78. The highest BCUT2D eigenvalue weighted by atomic mass is 16.4. The number of aromatic nitrogens is 1. The number of oxazole rings is 1. The van der Waals surface area contributed by atoms with Crippen LogP contribution in [-0.4, -0.2) is 17.6 Å². The summed E-state index contributed by atoms with van der Waals surface area (Å²) in [6.07, 6.45) is 7.62. The maximum atomic E-state index is 5.58. The Balaban J connectivity index is 1.89. The van der Waals surface area contributed by atoms with Gasteiger partial charge in [0.1, 0.15) is 5.76 Å². The molecule has 3 heteroatoms. The van der Waals surface area contributed by atoms with Gasteiger partial charge in [0.05, 0.1) is 6.20 Å². The maximum Gasteiger partial charge on any atom is 0.195 e. The molecular formula is C11H18N2O. The van der Waals surface area contributed by atoms with Crippen molar-refractivity contribution in [3.05, 3.63) is 17.8 Å². The number of rotatable bonds is 3. The van der Waals surface area contributed by atoms with Crippen LogP contribution in [0.4, 0.5) is 0 Å². The zero-order valence-corrected chi connectivity index (χ0v) is 8.75. The van der Waals surface area contributed by atoms with Crippen molar-refractivity contribution in [2.75, 3.05) is 6.54 Å². The summed E-state index contributed by atoms with van der Waals surface area (Å²) >= 11 is 0. The summed E-state index contributed by atoms with van der Waals surface area (Å²) in [5.74, 6) is 1.89. The van der Waals surface area contributed by atoms with E-state index in [0.717, 1.165) is 31.0 Å². The van der Waals surface area contributed by atoms with Crippen molar-refractivity contribution in [1.82, 2.24) is 10.3 Å². The molecule has 0 aromatic carbocycles. The maximum absolute atomic E-state index is 5.58. The minimum Gasteiger partial charge on any atom is -0.446 e. The minimum absolute atomic E-state index is 0.576. The van der Waals surface area contributed by atoms with E-state index in [2.05, 4.69) is 17.2 Å². The first-order valence-electron chi connectivity index (χ1n) is 5.55. The lowest BCUT2D eigenvalue weighted by Crippen LogP contribution is -2.35. The van der Waals surface area contributed by atoms with Gasteiger partial charge in [-0.3, -0.25) is 0 Å². The van der Waals surface area contributed by atoms with Gasteiger partial charge < -0.3 is 9.73 Å². The average Bonchev–Trinajstić information content (AvgIpc) is 2.67. The number of nitrogens with one attached hydrogen (secondary N) is 1. The summed E-state index contributed by atoms with van der Waals surface area (Å²) in [6.45, 7) is 3.23. The van der Waals surface area contributed by atoms with E-state index in [-0.39, 0.29) is 0 Å². The fourth-order valence-electron chi connectivity index (χ4n) is 1.91. The van der Waals surface area contributed by atoms with E-state index in [0.29, 0.717) is 6.04 Å². The largest absolute Gasteiger partial charge is 0.446 e. The highest BCUT2D eigenvalue weighted by molar-refractivity contribution is 4.95. The molecule has 0 bridgehead atoms. The van der Waals surface area contributed by atoms with E-state index in [1.807, 2.05) is 6.20 Å². The molecule has 0 radical (unpaired) electrons. The van der Waals surface area contributed by atoms with Gasteiger partial charge in [0, 0.05) is 18.9 Å². The molecule has 0 aliphatic carbocycles. The van der Waals surface area contributed by atoms with Crippen molar-refractivity contribution >= 4 is 0 Å². The van der Waals surface area contributed by atoms with Crippen molar-refractivity contribution in [1.29, 1.82) is 0 Å².